The minimum atomic E-state index is -3.56. The number of hydrogen-bond donors (Lipinski definition) is 0. The van der Waals surface area contributed by atoms with E-state index >= 15 is 0 Å². The van der Waals surface area contributed by atoms with Crippen LogP contribution in [0, 0.1) is 6.92 Å². The van der Waals surface area contributed by atoms with Crippen LogP contribution in [0.4, 0.5) is 11.4 Å². The number of para-hydroxylation sites is 1. The first-order chi connectivity index (χ1) is 12.8. The number of aryl methyl sites for hydroxylation is 1. The maximum absolute atomic E-state index is 12.8. The zero-order valence-electron chi connectivity index (χ0n) is 15.8. The molecule has 0 aromatic heterocycles. The number of rotatable bonds is 6. The molecule has 0 saturated carbocycles. The van der Waals surface area contributed by atoms with Crippen molar-refractivity contribution in [3.05, 3.63) is 53.6 Å². The van der Waals surface area contributed by atoms with Gasteiger partial charge in [-0.05, 0) is 42.7 Å². The van der Waals surface area contributed by atoms with Gasteiger partial charge in [-0.2, -0.15) is 0 Å². The molecule has 0 radical (unpaired) electrons. The summed E-state index contributed by atoms with van der Waals surface area (Å²) in [6.07, 6.45) is 2.06. The molecule has 0 atom stereocenters. The molecular formula is C20H24N2O4S. The molecule has 0 spiro atoms. The average molecular weight is 388 g/mol. The van der Waals surface area contributed by atoms with Gasteiger partial charge in [0.05, 0.1) is 19.1 Å². The SMILES string of the molecule is COc1ccc(C)cc1N(CCC(=O)N1CCc2ccccc21)S(C)(=O)=O. The number of amides is 1. The number of hydrogen-bond acceptors (Lipinski definition) is 4. The van der Waals surface area contributed by atoms with Crippen LogP contribution in [0.5, 0.6) is 5.75 Å². The molecule has 2 aromatic rings. The van der Waals surface area contributed by atoms with Crippen LogP contribution < -0.4 is 13.9 Å². The molecule has 0 saturated heterocycles. The summed E-state index contributed by atoms with van der Waals surface area (Å²) in [5, 5.41) is 0. The van der Waals surface area contributed by atoms with E-state index in [0.717, 1.165) is 29.5 Å². The fraction of sp³-hybridized carbons (Fsp3) is 0.350. The zero-order chi connectivity index (χ0) is 19.6. The smallest absolute Gasteiger partial charge is 0.232 e. The summed E-state index contributed by atoms with van der Waals surface area (Å²) in [6.45, 7) is 2.58. The van der Waals surface area contributed by atoms with Crippen LogP contribution in [0.2, 0.25) is 0 Å². The van der Waals surface area contributed by atoms with E-state index in [4.69, 9.17) is 4.74 Å². The van der Waals surface area contributed by atoms with E-state index in [-0.39, 0.29) is 18.9 Å². The molecule has 0 aliphatic carbocycles. The van der Waals surface area contributed by atoms with E-state index in [9.17, 15) is 13.2 Å². The number of fused-ring (bicyclic) bond motifs is 1. The lowest BCUT2D eigenvalue weighted by atomic mass is 10.2. The van der Waals surface area contributed by atoms with E-state index in [1.54, 1.807) is 17.0 Å². The molecule has 2 aromatic carbocycles. The maximum atomic E-state index is 12.8. The number of carbonyl (C=O) groups is 1. The van der Waals surface area contributed by atoms with Crippen LogP contribution in [0.3, 0.4) is 0 Å². The molecule has 1 amide bonds. The van der Waals surface area contributed by atoms with Gasteiger partial charge in [0.15, 0.2) is 0 Å². The summed E-state index contributed by atoms with van der Waals surface area (Å²) in [4.78, 5) is 14.5. The summed E-state index contributed by atoms with van der Waals surface area (Å²) in [7, 11) is -2.06. The molecule has 0 N–H and O–H groups in total. The highest BCUT2D eigenvalue weighted by molar-refractivity contribution is 7.92. The van der Waals surface area contributed by atoms with E-state index in [1.807, 2.05) is 37.3 Å². The summed E-state index contributed by atoms with van der Waals surface area (Å²) < 4.78 is 31.4. The average Bonchev–Trinajstić information content (AvgIpc) is 3.05. The largest absolute Gasteiger partial charge is 0.495 e. The van der Waals surface area contributed by atoms with Crippen molar-refractivity contribution in [3.8, 4) is 5.75 Å². The number of methoxy groups -OCH3 is 1. The number of ether oxygens (including phenoxy) is 1. The molecule has 27 heavy (non-hydrogen) atoms. The molecule has 144 valence electrons. The van der Waals surface area contributed by atoms with E-state index in [2.05, 4.69) is 0 Å². The lowest BCUT2D eigenvalue weighted by Gasteiger charge is -2.25. The van der Waals surface area contributed by atoms with Gasteiger partial charge in [-0.15, -0.1) is 0 Å². The summed E-state index contributed by atoms with van der Waals surface area (Å²) in [5.41, 5.74) is 3.43. The van der Waals surface area contributed by atoms with Crippen LogP contribution in [-0.2, 0) is 21.2 Å². The van der Waals surface area contributed by atoms with Gasteiger partial charge in [-0.25, -0.2) is 8.42 Å². The summed E-state index contributed by atoms with van der Waals surface area (Å²) in [6, 6.07) is 13.2. The van der Waals surface area contributed by atoms with Crippen molar-refractivity contribution in [2.75, 3.05) is 35.7 Å². The number of sulfonamides is 1. The van der Waals surface area contributed by atoms with E-state index < -0.39 is 10.0 Å². The number of anilines is 2. The summed E-state index contributed by atoms with van der Waals surface area (Å²) in [5.74, 6) is 0.380. The second-order valence-electron chi connectivity index (χ2n) is 6.68. The highest BCUT2D eigenvalue weighted by Crippen LogP contribution is 2.32. The Bertz CT molecular complexity index is 956. The Morgan fingerprint density at radius 2 is 1.96 bits per heavy atom. The Balaban J connectivity index is 1.81. The fourth-order valence-electron chi connectivity index (χ4n) is 3.39. The van der Waals surface area contributed by atoms with Crippen molar-refractivity contribution in [3.63, 3.8) is 0 Å². The van der Waals surface area contributed by atoms with Crippen LogP contribution in [-0.4, -0.2) is 40.8 Å². The third-order valence-corrected chi connectivity index (χ3v) is 5.90. The van der Waals surface area contributed by atoms with Crippen LogP contribution in [0.15, 0.2) is 42.5 Å². The maximum Gasteiger partial charge on any atom is 0.232 e. The topological polar surface area (TPSA) is 66.9 Å². The minimum absolute atomic E-state index is 0.0656. The Morgan fingerprint density at radius 3 is 2.67 bits per heavy atom. The van der Waals surface area contributed by atoms with Crippen molar-refractivity contribution in [1.82, 2.24) is 0 Å². The van der Waals surface area contributed by atoms with Gasteiger partial charge in [0.25, 0.3) is 0 Å². The minimum Gasteiger partial charge on any atom is -0.495 e. The third-order valence-electron chi connectivity index (χ3n) is 4.72. The molecular weight excluding hydrogens is 364 g/mol. The van der Waals surface area contributed by atoms with Crippen LogP contribution in [0.1, 0.15) is 17.5 Å². The molecule has 1 aliphatic heterocycles. The van der Waals surface area contributed by atoms with Gasteiger partial charge in [-0.3, -0.25) is 9.10 Å². The number of carbonyl (C=O) groups excluding carboxylic acids is 1. The lowest BCUT2D eigenvalue weighted by Crippen LogP contribution is -2.36. The van der Waals surface area contributed by atoms with Crippen molar-refractivity contribution in [2.24, 2.45) is 0 Å². The van der Waals surface area contributed by atoms with E-state index in [1.165, 1.54) is 11.4 Å². The molecule has 6 nitrogen and oxygen atoms in total. The zero-order valence-corrected chi connectivity index (χ0v) is 16.6. The van der Waals surface area contributed by atoms with Crippen molar-refractivity contribution >= 4 is 27.3 Å². The molecule has 0 bridgehead atoms. The monoisotopic (exact) mass is 388 g/mol. The molecule has 1 heterocycles. The first kappa shape index (κ1) is 19.2. The molecule has 7 heteroatoms. The predicted molar refractivity (Wildman–Crippen MR) is 107 cm³/mol. The van der Waals surface area contributed by atoms with Gasteiger partial charge in [0.2, 0.25) is 15.9 Å². The molecule has 0 fully saturated rings. The normalized spacial score (nSPS) is 13.4. The molecule has 0 unspecified atom stereocenters. The molecule has 1 aliphatic rings. The quantitative estimate of drug-likeness (QED) is 0.763. The second-order valence-corrected chi connectivity index (χ2v) is 8.59. The highest BCUT2D eigenvalue weighted by atomic mass is 32.2. The van der Waals surface area contributed by atoms with Gasteiger partial charge < -0.3 is 9.64 Å². The number of benzene rings is 2. The lowest BCUT2D eigenvalue weighted by molar-refractivity contribution is -0.118. The van der Waals surface area contributed by atoms with Gasteiger partial charge in [-0.1, -0.05) is 24.3 Å². The summed E-state index contributed by atoms with van der Waals surface area (Å²) >= 11 is 0. The second kappa shape index (κ2) is 7.60. The fourth-order valence-corrected chi connectivity index (χ4v) is 4.31. The van der Waals surface area contributed by atoms with Crippen molar-refractivity contribution in [1.29, 1.82) is 0 Å². The van der Waals surface area contributed by atoms with Gasteiger partial charge in [0.1, 0.15) is 5.75 Å². The van der Waals surface area contributed by atoms with Crippen molar-refractivity contribution in [2.45, 2.75) is 19.8 Å². The molecule has 3 rings (SSSR count). The third kappa shape index (κ3) is 4.08. The standard InChI is InChI=1S/C20H24N2O4S/c1-15-8-9-19(26-2)18(14-15)22(27(3,24)25)13-11-20(23)21-12-10-16-6-4-5-7-17(16)21/h4-9,14H,10-13H2,1-3H3. The Morgan fingerprint density at radius 1 is 1.22 bits per heavy atom. The first-order valence-electron chi connectivity index (χ1n) is 8.82. The van der Waals surface area contributed by atoms with Gasteiger partial charge >= 0.3 is 0 Å². The Labute approximate surface area is 160 Å². The Kier molecular flexibility index (Phi) is 5.41. The van der Waals surface area contributed by atoms with Crippen LogP contribution in [0.25, 0.3) is 0 Å². The van der Waals surface area contributed by atoms with Crippen molar-refractivity contribution < 1.29 is 17.9 Å². The number of nitrogens with zero attached hydrogens (tertiary/aromatic N) is 2. The highest BCUT2D eigenvalue weighted by Gasteiger charge is 2.27. The predicted octanol–water partition coefficient (Wildman–Crippen LogP) is 2.75. The van der Waals surface area contributed by atoms with Gasteiger partial charge in [0, 0.05) is 25.2 Å². The van der Waals surface area contributed by atoms with E-state index in [0.29, 0.717) is 18.0 Å². The first-order valence-corrected chi connectivity index (χ1v) is 10.7. The van der Waals surface area contributed by atoms with Crippen LogP contribution >= 0.6 is 0 Å². The Hall–Kier alpha value is -2.54.